The second kappa shape index (κ2) is 4.42. The number of carboxylic acids is 1. The van der Waals surface area contributed by atoms with E-state index in [1.807, 2.05) is 17.5 Å². The number of carbonyl (C=O) groups is 1. The number of hydrogen-bond acceptors (Lipinski definition) is 4. The molecule has 18 heavy (non-hydrogen) atoms. The number of benzene rings is 1. The predicted octanol–water partition coefficient (Wildman–Crippen LogP) is 2.40. The summed E-state index contributed by atoms with van der Waals surface area (Å²) in [5.74, 6) is -0.951. The van der Waals surface area contributed by atoms with Gasteiger partial charge >= 0.3 is 5.97 Å². The van der Waals surface area contributed by atoms with Crippen LogP contribution in [0.15, 0.2) is 29.6 Å². The molecule has 1 aromatic carbocycles. The second-order valence-electron chi connectivity index (χ2n) is 4.25. The first-order valence-corrected chi connectivity index (χ1v) is 6.62. The summed E-state index contributed by atoms with van der Waals surface area (Å²) in [7, 11) is 0. The highest BCUT2D eigenvalue weighted by molar-refractivity contribution is 7.11. The van der Waals surface area contributed by atoms with E-state index in [4.69, 9.17) is 5.11 Å². The van der Waals surface area contributed by atoms with Crippen LogP contribution in [0.3, 0.4) is 0 Å². The summed E-state index contributed by atoms with van der Waals surface area (Å²) in [6, 6.07) is 8.32. The molecule has 1 aliphatic rings. The van der Waals surface area contributed by atoms with Crippen molar-refractivity contribution >= 4 is 23.0 Å². The second-order valence-corrected chi connectivity index (χ2v) is 5.11. The molecule has 1 N–H and O–H groups in total. The Morgan fingerprint density at radius 2 is 2.28 bits per heavy atom. The van der Waals surface area contributed by atoms with E-state index in [2.05, 4.69) is 22.0 Å². The highest BCUT2D eigenvalue weighted by Gasteiger charge is 2.19. The zero-order valence-electron chi connectivity index (χ0n) is 9.67. The zero-order chi connectivity index (χ0) is 12.5. The summed E-state index contributed by atoms with van der Waals surface area (Å²) in [6.45, 7) is 1.65. The minimum atomic E-state index is -0.951. The molecule has 1 aromatic heterocycles. The molecule has 92 valence electrons. The minimum Gasteiger partial charge on any atom is -0.476 e. The van der Waals surface area contributed by atoms with E-state index >= 15 is 0 Å². The van der Waals surface area contributed by atoms with Crippen molar-refractivity contribution in [3.63, 3.8) is 0 Å². The van der Waals surface area contributed by atoms with Gasteiger partial charge in [-0.3, -0.25) is 0 Å². The lowest BCUT2D eigenvalue weighted by atomic mass is 10.2. The molecule has 0 atom stereocenters. The van der Waals surface area contributed by atoms with Crippen LogP contribution in [0.2, 0.25) is 0 Å². The van der Waals surface area contributed by atoms with Crippen molar-refractivity contribution in [1.29, 1.82) is 0 Å². The molecule has 2 heterocycles. The van der Waals surface area contributed by atoms with E-state index in [-0.39, 0.29) is 5.01 Å². The van der Waals surface area contributed by atoms with Crippen LogP contribution in [0.25, 0.3) is 0 Å². The highest BCUT2D eigenvalue weighted by Crippen LogP contribution is 2.28. The Labute approximate surface area is 109 Å². The van der Waals surface area contributed by atoms with Crippen molar-refractivity contribution in [3.05, 3.63) is 45.9 Å². The minimum absolute atomic E-state index is 0.164. The number of para-hydroxylation sites is 1. The normalized spacial score (nSPS) is 13.7. The van der Waals surface area contributed by atoms with Crippen LogP contribution in [-0.4, -0.2) is 22.6 Å². The van der Waals surface area contributed by atoms with Crippen molar-refractivity contribution in [2.24, 2.45) is 0 Å². The summed E-state index contributed by atoms with van der Waals surface area (Å²) in [5, 5.41) is 10.8. The molecule has 0 aliphatic carbocycles. The van der Waals surface area contributed by atoms with Gasteiger partial charge in [0.25, 0.3) is 0 Å². The van der Waals surface area contributed by atoms with Crippen molar-refractivity contribution in [1.82, 2.24) is 4.98 Å². The van der Waals surface area contributed by atoms with Gasteiger partial charge in [-0.05, 0) is 18.1 Å². The number of fused-ring (bicyclic) bond motifs is 1. The number of rotatable bonds is 3. The molecule has 2 aromatic rings. The van der Waals surface area contributed by atoms with Gasteiger partial charge in [0.05, 0.1) is 12.2 Å². The molecule has 0 fully saturated rings. The Hall–Kier alpha value is -1.88. The first-order chi connectivity index (χ1) is 8.74. The van der Waals surface area contributed by atoms with Gasteiger partial charge in [-0.1, -0.05) is 18.2 Å². The molecule has 0 spiro atoms. The summed E-state index contributed by atoms with van der Waals surface area (Å²) in [6.07, 6.45) is 1.05. The predicted molar refractivity (Wildman–Crippen MR) is 70.3 cm³/mol. The Morgan fingerprint density at radius 1 is 1.44 bits per heavy atom. The van der Waals surface area contributed by atoms with Crippen LogP contribution in [0.5, 0.6) is 0 Å². The van der Waals surface area contributed by atoms with Gasteiger partial charge in [-0.25, -0.2) is 9.78 Å². The number of nitrogens with zero attached hydrogens (tertiary/aromatic N) is 2. The van der Waals surface area contributed by atoms with Gasteiger partial charge in [0.1, 0.15) is 0 Å². The number of anilines is 1. The summed E-state index contributed by atoms with van der Waals surface area (Å²) < 4.78 is 0. The van der Waals surface area contributed by atoms with E-state index in [1.54, 1.807) is 0 Å². The molecule has 4 nitrogen and oxygen atoms in total. The number of hydrogen-bond donors (Lipinski definition) is 1. The van der Waals surface area contributed by atoms with Crippen LogP contribution in [0.1, 0.15) is 21.1 Å². The molecule has 0 saturated heterocycles. The fourth-order valence-corrected chi connectivity index (χ4v) is 2.89. The van der Waals surface area contributed by atoms with Crippen molar-refractivity contribution in [3.8, 4) is 0 Å². The lowest BCUT2D eigenvalue weighted by molar-refractivity contribution is 0.0696. The number of aromatic nitrogens is 1. The van der Waals surface area contributed by atoms with E-state index in [0.29, 0.717) is 6.54 Å². The average Bonchev–Trinajstić information content (AvgIpc) is 2.98. The fraction of sp³-hybridized carbons (Fsp3) is 0.231. The largest absolute Gasteiger partial charge is 0.476 e. The Kier molecular flexibility index (Phi) is 2.76. The molecule has 0 unspecified atom stereocenters. The van der Waals surface area contributed by atoms with Gasteiger partial charge < -0.3 is 10.0 Å². The van der Waals surface area contributed by atoms with Crippen LogP contribution in [0.4, 0.5) is 5.69 Å². The molecular weight excluding hydrogens is 248 g/mol. The summed E-state index contributed by atoms with van der Waals surface area (Å²) >= 11 is 1.18. The lowest BCUT2D eigenvalue weighted by Gasteiger charge is -2.17. The van der Waals surface area contributed by atoms with Crippen LogP contribution < -0.4 is 4.90 Å². The Bertz CT molecular complexity index is 594. The van der Waals surface area contributed by atoms with Crippen molar-refractivity contribution < 1.29 is 9.90 Å². The maximum absolute atomic E-state index is 10.8. The maximum Gasteiger partial charge on any atom is 0.365 e. The highest BCUT2D eigenvalue weighted by atomic mass is 32.1. The Morgan fingerprint density at radius 3 is 3.06 bits per heavy atom. The van der Waals surface area contributed by atoms with Gasteiger partial charge in [-0.2, -0.15) is 0 Å². The van der Waals surface area contributed by atoms with E-state index in [0.717, 1.165) is 18.7 Å². The maximum atomic E-state index is 10.8. The fourth-order valence-electron chi connectivity index (χ4n) is 2.24. The number of aromatic carboxylic acids is 1. The van der Waals surface area contributed by atoms with Crippen LogP contribution in [-0.2, 0) is 13.0 Å². The van der Waals surface area contributed by atoms with E-state index in [1.165, 1.54) is 22.6 Å². The molecule has 0 saturated carbocycles. The first-order valence-electron chi connectivity index (χ1n) is 5.74. The molecular formula is C13H12N2O2S. The molecule has 0 bridgehead atoms. The van der Waals surface area contributed by atoms with Gasteiger partial charge in [0, 0.05) is 17.6 Å². The average molecular weight is 260 g/mol. The van der Waals surface area contributed by atoms with Crippen LogP contribution >= 0.6 is 11.3 Å². The van der Waals surface area contributed by atoms with Gasteiger partial charge in [-0.15, -0.1) is 11.3 Å². The molecule has 0 amide bonds. The lowest BCUT2D eigenvalue weighted by Crippen LogP contribution is -2.19. The third kappa shape index (κ3) is 1.97. The molecule has 3 rings (SSSR count). The number of carboxylic acid groups (broad SMARTS) is 1. The Balaban J connectivity index is 1.80. The number of thiazole rings is 1. The van der Waals surface area contributed by atoms with E-state index in [9.17, 15) is 4.79 Å². The van der Waals surface area contributed by atoms with Gasteiger partial charge in [0.2, 0.25) is 5.01 Å². The zero-order valence-corrected chi connectivity index (χ0v) is 10.5. The summed E-state index contributed by atoms with van der Waals surface area (Å²) in [5.41, 5.74) is 3.42. The monoisotopic (exact) mass is 260 g/mol. The molecule has 1 aliphatic heterocycles. The van der Waals surface area contributed by atoms with Gasteiger partial charge in [0.15, 0.2) is 0 Å². The van der Waals surface area contributed by atoms with Crippen molar-refractivity contribution in [2.45, 2.75) is 13.0 Å². The summed E-state index contributed by atoms with van der Waals surface area (Å²) in [4.78, 5) is 17.2. The quantitative estimate of drug-likeness (QED) is 0.920. The SMILES string of the molecule is O=C(O)c1nc(CN2CCc3ccccc32)cs1. The van der Waals surface area contributed by atoms with Crippen molar-refractivity contribution in [2.75, 3.05) is 11.4 Å². The first kappa shape index (κ1) is 11.2. The molecule has 0 radical (unpaired) electrons. The third-order valence-electron chi connectivity index (χ3n) is 3.07. The third-order valence-corrected chi connectivity index (χ3v) is 3.95. The smallest absolute Gasteiger partial charge is 0.365 e. The van der Waals surface area contributed by atoms with Crippen LogP contribution in [0, 0.1) is 0 Å². The standard InChI is InChI=1S/C13H12N2O2S/c16-13(17)12-14-10(8-18-12)7-15-6-5-9-3-1-2-4-11(9)15/h1-4,8H,5-7H2,(H,16,17). The topological polar surface area (TPSA) is 53.4 Å². The van der Waals surface area contributed by atoms with E-state index < -0.39 is 5.97 Å². The molecule has 5 heteroatoms.